The number of nitrogens with one attached hydrogen (secondary N) is 1. The van der Waals surface area contributed by atoms with Gasteiger partial charge in [-0.2, -0.15) is 0 Å². The molecular formula is C26H33N3O2. The molecule has 4 bridgehead atoms. The highest BCUT2D eigenvalue weighted by Crippen LogP contribution is 2.61. The van der Waals surface area contributed by atoms with E-state index in [2.05, 4.69) is 5.32 Å². The molecule has 0 radical (unpaired) electrons. The molecule has 0 saturated heterocycles. The van der Waals surface area contributed by atoms with Crippen molar-refractivity contribution < 1.29 is 4.79 Å². The molecule has 2 aromatic rings. The maximum absolute atomic E-state index is 13.0. The average molecular weight is 420 g/mol. The number of carbonyl (C=O) groups is 1. The van der Waals surface area contributed by atoms with Crippen molar-refractivity contribution in [3.05, 3.63) is 40.4 Å². The third-order valence-electron chi connectivity index (χ3n) is 8.51. The molecule has 7 rings (SSSR count). The third kappa shape index (κ3) is 3.70. The van der Waals surface area contributed by atoms with E-state index < -0.39 is 0 Å². The molecule has 5 aliphatic carbocycles. The molecular weight excluding hydrogens is 386 g/mol. The lowest BCUT2D eigenvalue weighted by atomic mass is 9.49. The van der Waals surface area contributed by atoms with Crippen LogP contribution in [0.3, 0.4) is 0 Å². The summed E-state index contributed by atoms with van der Waals surface area (Å²) in [6.07, 6.45) is 12.7. The van der Waals surface area contributed by atoms with Crippen LogP contribution in [0.5, 0.6) is 0 Å². The van der Waals surface area contributed by atoms with Gasteiger partial charge in [-0.1, -0.05) is 12.1 Å². The Morgan fingerprint density at radius 3 is 2.42 bits per heavy atom. The van der Waals surface area contributed by atoms with E-state index in [4.69, 9.17) is 4.98 Å². The summed E-state index contributed by atoms with van der Waals surface area (Å²) >= 11 is 0. The zero-order valence-electron chi connectivity index (χ0n) is 18.3. The molecule has 1 aromatic heterocycles. The standard InChI is InChI=1S/C26H33N3O2/c30-24(27-10-9-26-14-17-11-18(15-26)13-19(12-17)16-26)8-7-23-28-22-4-2-1-3-21(22)25(31)29(23)20-5-6-20/h1-4,17-20H,5-16H2,(H,27,30). The lowest BCUT2D eigenvalue weighted by Gasteiger charge is -2.57. The number of rotatable bonds is 7. The van der Waals surface area contributed by atoms with Gasteiger partial charge in [0.2, 0.25) is 5.91 Å². The summed E-state index contributed by atoms with van der Waals surface area (Å²) in [4.78, 5) is 30.4. The van der Waals surface area contributed by atoms with Gasteiger partial charge in [-0.3, -0.25) is 14.2 Å². The Hall–Kier alpha value is -2.17. The van der Waals surface area contributed by atoms with Crippen molar-refractivity contribution in [3.8, 4) is 0 Å². The molecule has 5 saturated carbocycles. The van der Waals surface area contributed by atoms with Crippen LogP contribution in [0.4, 0.5) is 0 Å². The molecule has 5 aliphatic rings. The molecule has 31 heavy (non-hydrogen) atoms. The minimum absolute atomic E-state index is 0.0466. The number of hydrogen-bond donors (Lipinski definition) is 1. The van der Waals surface area contributed by atoms with Crippen LogP contribution in [0.15, 0.2) is 29.1 Å². The summed E-state index contributed by atoms with van der Waals surface area (Å²) in [5.41, 5.74) is 1.29. The van der Waals surface area contributed by atoms with Crippen molar-refractivity contribution in [2.75, 3.05) is 6.54 Å². The Kier molecular flexibility index (Phi) is 4.69. The SMILES string of the molecule is O=C(CCc1nc2ccccc2c(=O)n1C1CC1)NCCC12CC3CC(CC(C3)C1)C2. The molecule has 164 valence electrons. The van der Waals surface area contributed by atoms with E-state index in [9.17, 15) is 9.59 Å². The van der Waals surface area contributed by atoms with Gasteiger partial charge in [0.1, 0.15) is 5.82 Å². The van der Waals surface area contributed by atoms with Gasteiger partial charge in [0.15, 0.2) is 0 Å². The number of aromatic nitrogens is 2. The zero-order valence-corrected chi connectivity index (χ0v) is 18.3. The smallest absolute Gasteiger partial charge is 0.261 e. The van der Waals surface area contributed by atoms with Crippen molar-refractivity contribution >= 4 is 16.8 Å². The van der Waals surface area contributed by atoms with Crippen molar-refractivity contribution in [1.82, 2.24) is 14.9 Å². The summed E-state index contributed by atoms with van der Waals surface area (Å²) in [7, 11) is 0. The topological polar surface area (TPSA) is 64.0 Å². The molecule has 5 heteroatoms. The molecule has 1 aromatic carbocycles. The molecule has 0 spiro atoms. The van der Waals surface area contributed by atoms with E-state index in [1.165, 1.54) is 38.5 Å². The lowest BCUT2D eigenvalue weighted by Crippen LogP contribution is -2.47. The fourth-order valence-corrected chi connectivity index (χ4v) is 7.45. The number of nitrogens with zero attached hydrogens (tertiary/aromatic N) is 2. The summed E-state index contributed by atoms with van der Waals surface area (Å²) in [6, 6.07) is 7.81. The highest BCUT2D eigenvalue weighted by atomic mass is 16.1. The predicted octanol–water partition coefficient (Wildman–Crippen LogP) is 4.39. The molecule has 1 heterocycles. The number of para-hydroxylation sites is 1. The fourth-order valence-electron chi connectivity index (χ4n) is 7.45. The second-order valence-corrected chi connectivity index (χ2v) is 11.0. The van der Waals surface area contributed by atoms with Crippen molar-refractivity contribution in [1.29, 1.82) is 0 Å². The van der Waals surface area contributed by atoms with Gasteiger partial charge in [-0.15, -0.1) is 0 Å². The Labute approximate surface area is 183 Å². The number of aryl methyl sites for hydroxylation is 1. The maximum Gasteiger partial charge on any atom is 0.261 e. The molecule has 1 N–H and O–H groups in total. The molecule has 5 nitrogen and oxygen atoms in total. The Bertz CT molecular complexity index is 1030. The number of benzene rings is 1. The highest BCUT2D eigenvalue weighted by molar-refractivity contribution is 5.78. The summed E-state index contributed by atoms with van der Waals surface area (Å²) in [6.45, 7) is 0.797. The number of hydrogen-bond acceptors (Lipinski definition) is 3. The van der Waals surface area contributed by atoms with Crippen LogP contribution in [-0.2, 0) is 11.2 Å². The normalized spacial score (nSPS) is 31.3. The fraction of sp³-hybridized carbons (Fsp3) is 0.654. The van der Waals surface area contributed by atoms with Crippen LogP contribution in [0.1, 0.15) is 76.1 Å². The minimum atomic E-state index is 0.0466. The molecule has 0 aliphatic heterocycles. The Balaban J connectivity index is 1.08. The summed E-state index contributed by atoms with van der Waals surface area (Å²) in [5, 5.41) is 3.87. The predicted molar refractivity (Wildman–Crippen MR) is 121 cm³/mol. The minimum Gasteiger partial charge on any atom is -0.356 e. The van der Waals surface area contributed by atoms with E-state index in [1.807, 2.05) is 28.8 Å². The van der Waals surface area contributed by atoms with Gasteiger partial charge in [-0.25, -0.2) is 4.98 Å². The van der Waals surface area contributed by atoms with Gasteiger partial charge in [0.05, 0.1) is 10.9 Å². The first-order valence-electron chi connectivity index (χ1n) is 12.4. The van der Waals surface area contributed by atoms with Crippen LogP contribution in [0, 0.1) is 23.2 Å². The molecule has 0 atom stereocenters. The first-order valence-corrected chi connectivity index (χ1v) is 12.4. The van der Waals surface area contributed by atoms with E-state index in [0.717, 1.165) is 54.9 Å². The third-order valence-corrected chi connectivity index (χ3v) is 8.51. The number of fused-ring (bicyclic) bond motifs is 1. The Morgan fingerprint density at radius 2 is 1.74 bits per heavy atom. The van der Waals surface area contributed by atoms with Crippen LogP contribution < -0.4 is 10.9 Å². The second kappa shape index (κ2) is 7.46. The van der Waals surface area contributed by atoms with Gasteiger partial charge in [0, 0.05) is 25.4 Å². The number of amides is 1. The Morgan fingerprint density at radius 1 is 1.06 bits per heavy atom. The summed E-state index contributed by atoms with van der Waals surface area (Å²) < 4.78 is 1.85. The highest BCUT2D eigenvalue weighted by Gasteiger charge is 2.50. The van der Waals surface area contributed by atoms with E-state index in [-0.39, 0.29) is 17.5 Å². The van der Waals surface area contributed by atoms with E-state index >= 15 is 0 Å². The van der Waals surface area contributed by atoms with Crippen LogP contribution in [-0.4, -0.2) is 22.0 Å². The van der Waals surface area contributed by atoms with Crippen molar-refractivity contribution in [3.63, 3.8) is 0 Å². The van der Waals surface area contributed by atoms with Crippen LogP contribution in [0.25, 0.3) is 10.9 Å². The molecule has 0 unspecified atom stereocenters. The van der Waals surface area contributed by atoms with Gasteiger partial charge < -0.3 is 5.32 Å². The number of carbonyl (C=O) groups excluding carboxylic acids is 1. The summed E-state index contributed by atoms with van der Waals surface area (Å²) in [5.74, 6) is 3.73. The van der Waals surface area contributed by atoms with Gasteiger partial charge in [-0.05, 0) is 93.1 Å². The average Bonchev–Trinajstić information content (AvgIpc) is 3.56. The van der Waals surface area contributed by atoms with Crippen LogP contribution in [0.2, 0.25) is 0 Å². The molecule has 5 fully saturated rings. The van der Waals surface area contributed by atoms with Crippen LogP contribution >= 0.6 is 0 Å². The first kappa shape index (κ1) is 19.5. The molecule has 1 amide bonds. The zero-order chi connectivity index (χ0) is 21.0. The first-order chi connectivity index (χ1) is 15.1. The van der Waals surface area contributed by atoms with E-state index in [0.29, 0.717) is 23.6 Å². The van der Waals surface area contributed by atoms with Gasteiger partial charge in [0.25, 0.3) is 5.56 Å². The van der Waals surface area contributed by atoms with E-state index in [1.54, 1.807) is 0 Å². The largest absolute Gasteiger partial charge is 0.356 e. The van der Waals surface area contributed by atoms with Crippen molar-refractivity contribution in [2.45, 2.75) is 76.7 Å². The quantitative estimate of drug-likeness (QED) is 0.724. The maximum atomic E-state index is 13.0. The van der Waals surface area contributed by atoms with Crippen molar-refractivity contribution in [2.24, 2.45) is 23.2 Å². The monoisotopic (exact) mass is 419 g/mol. The van der Waals surface area contributed by atoms with Gasteiger partial charge >= 0.3 is 0 Å². The second-order valence-electron chi connectivity index (χ2n) is 11.0. The lowest BCUT2D eigenvalue weighted by molar-refractivity contribution is -0.121.